The van der Waals surface area contributed by atoms with Crippen LogP contribution < -0.4 is 5.73 Å². The van der Waals surface area contributed by atoms with Gasteiger partial charge in [-0.1, -0.05) is 0 Å². The summed E-state index contributed by atoms with van der Waals surface area (Å²) in [7, 11) is 0. The van der Waals surface area contributed by atoms with Crippen LogP contribution in [0, 0.1) is 0 Å². The molecule has 0 fully saturated rings. The molecule has 4 heteroatoms. The Kier molecular flexibility index (Phi) is 1.89. The van der Waals surface area contributed by atoms with E-state index < -0.39 is 0 Å². The van der Waals surface area contributed by atoms with Crippen LogP contribution in [0.3, 0.4) is 0 Å². The van der Waals surface area contributed by atoms with Crippen molar-refractivity contribution in [3.63, 3.8) is 0 Å². The van der Waals surface area contributed by atoms with Gasteiger partial charge in [0.1, 0.15) is 5.75 Å². The Hall–Kier alpha value is -1.97. The molecule has 1 aromatic heterocycles. The third-order valence-corrected chi connectivity index (χ3v) is 2.12. The third kappa shape index (κ3) is 1.42. The Labute approximate surface area is 80.3 Å². The first-order valence-electron chi connectivity index (χ1n) is 4.24. The number of phenolic OH excluding ortho intramolecular Hbond substituents is 1. The summed E-state index contributed by atoms with van der Waals surface area (Å²) < 4.78 is 0. The maximum absolute atomic E-state index is 10.7. The second-order valence-electron chi connectivity index (χ2n) is 3.19. The molecule has 0 saturated carbocycles. The first kappa shape index (κ1) is 8.62. The number of phenols is 1. The lowest BCUT2D eigenvalue weighted by Gasteiger charge is -1.96. The Bertz CT molecular complexity index is 488. The van der Waals surface area contributed by atoms with Gasteiger partial charge in [0, 0.05) is 17.1 Å². The number of aromatic hydroxyl groups is 1. The van der Waals surface area contributed by atoms with Gasteiger partial charge in [-0.15, -0.1) is 0 Å². The normalized spacial score (nSPS) is 10.6. The van der Waals surface area contributed by atoms with E-state index >= 15 is 0 Å². The number of primary amides is 1. The zero-order chi connectivity index (χ0) is 10.1. The van der Waals surface area contributed by atoms with E-state index in [2.05, 4.69) is 4.98 Å². The standard InChI is InChI=1S/C10H10N2O2/c11-10(14)3-6-5-12-9-2-1-7(13)4-8(6)9/h1-2,4-5,12-13H,3H2,(H2,11,14). The van der Waals surface area contributed by atoms with E-state index in [-0.39, 0.29) is 18.1 Å². The number of carbonyl (C=O) groups is 1. The van der Waals surface area contributed by atoms with Gasteiger partial charge in [0.25, 0.3) is 0 Å². The summed E-state index contributed by atoms with van der Waals surface area (Å²) in [5.41, 5.74) is 6.79. The van der Waals surface area contributed by atoms with E-state index in [9.17, 15) is 9.90 Å². The molecule has 14 heavy (non-hydrogen) atoms. The first-order chi connectivity index (χ1) is 6.66. The highest BCUT2D eigenvalue weighted by Crippen LogP contribution is 2.22. The molecule has 0 bridgehead atoms. The number of nitrogens with one attached hydrogen (secondary N) is 1. The monoisotopic (exact) mass is 190 g/mol. The van der Waals surface area contributed by atoms with Crippen molar-refractivity contribution >= 4 is 16.8 Å². The minimum Gasteiger partial charge on any atom is -0.508 e. The van der Waals surface area contributed by atoms with E-state index in [0.717, 1.165) is 16.5 Å². The van der Waals surface area contributed by atoms with Crippen LogP contribution in [0.1, 0.15) is 5.56 Å². The largest absolute Gasteiger partial charge is 0.508 e. The second-order valence-corrected chi connectivity index (χ2v) is 3.19. The number of aromatic nitrogens is 1. The van der Waals surface area contributed by atoms with Gasteiger partial charge >= 0.3 is 0 Å². The highest BCUT2D eigenvalue weighted by atomic mass is 16.3. The molecule has 0 aliphatic heterocycles. The zero-order valence-corrected chi connectivity index (χ0v) is 7.45. The molecule has 2 aromatic rings. The Morgan fingerprint density at radius 3 is 3.00 bits per heavy atom. The minimum absolute atomic E-state index is 0.183. The van der Waals surface area contributed by atoms with E-state index in [4.69, 9.17) is 5.73 Å². The number of rotatable bonds is 2. The number of hydrogen-bond donors (Lipinski definition) is 3. The summed E-state index contributed by atoms with van der Waals surface area (Å²) in [4.78, 5) is 13.7. The van der Waals surface area contributed by atoms with Crippen molar-refractivity contribution in [1.82, 2.24) is 4.98 Å². The molecule has 0 spiro atoms. The van der Waals surface area contributed by atoms with Crippen LogP contribution in [0.5, 0.6) is 5.75 Å². The number of fused-ring (bicyclic) bond motifs is 1. The molecule has 0 atom stereocenters. The van der Waals surface area contributed by atoms with Gasteiger partial charge in [-0.3, -0.25) is 4.79 Å². The van der Waals surface area contributed by atoms with Crippen LogP contribution in [0.2, 0.25) is 0 Å². The number of carbonyl (C=O) groups excluding carboxylic acids is 1. The first-order valence-corrected chi connectivity index (χ1v) is 4.24. The number of nitrogens with two attached hydrogens (primary N) is 1. The summed E-state index contributed by atoms with van der Waals surface area (Å²) in [5.74, 6) is -0.197. The van der Waals surface area contributed by atoms with Crippen molar-refractivity contribution in [3.8, 4) is 5.75 Å². The summed E-state index contributed by atoms with van der Waals surface area (Å²) in [6.07, 6.45) is 1.91. The summed E-state index contributed by atoms with van der Waals surface area (Å²) in [6.45, 7) is 0. The fourth-order valence-electron chi connectivity index (χ4n) is 1.50. The van der Waals surface area contributed by atoms with Gasteiger partial charge in [-0.2, -0.15) is 0 Å². The molecule has 72 valence electrons. The quantitative estimate of drug-likeness (QED) is 0.657. The summed E-state index contributed by atoms with van der Waals surface area (Å²) in [5, 5.41) is 10.1. The van der Waals surface area contributed by atoms with Gasteiger partial charge < -0.3 is 15.8 Å². The van der Waals surface area contributed by atoms with Crippen LogP contribution in [-0.4, -0.2) is 16.0 Å². The molecule has 4 nitrogen and oxygen atoms in total. The summed E-state index contributed by atoms with van der Waals surface area (Å²) >= 11 is 0. The maximum atomic E-state index is 10.7. The van der Waals surface area contributed by atoms with Crippen LogP contribution in [0.15, 0.2) is 24.4 Å². The predicted octanol–water partition coefficient (Wildman–Crippen LogP) is 0.901. The Morgan fingerprint density at radius 2 is 2.29 bits per heavy atom. The molecule has 0 aliphatic carbocycles. The van der Waals surface area contributed by atoms with Crippen molar-refractivity contribution < 1.29 is 9.90 Å². The Balaban J connectivity index is 2.55. The van der Waals surface area contributed by atoms with E-state index in [1.54, 1.807) is 24.4 Å². The summed E-state index contributed by atoms with van der Waals surface area (Å²) in [6, 6.07) is 4.96. The SMILES string of the molecule is NC(=O)Cc1c[nH]c2ccc(O)cc12. The second kappa shape index (κ2) is 3.06. The van der Waals surface area contributed by atoms with Crippen molar-refractivity contribution in [2.24, 2.45) is 5.73 Å². The average Bonchev–Trinajstić information content (AvgIpc) is 2.47. The molecule has 4 N–H and O–H groups in total. The van der Waals surface area contributed by atoms with Crippen molar-refractivity contribution in [2.75, 3.05) is 0 Å². The molecule has 0 saturated heterocycles. The van der Waals surface area contributed by atoms with Crippen molar-refractivity contribution in [2.45, 2.75) is 6.42 Å². The molecule has 2 rings (SSSR count). The Morgan fingerprint density at radius 1 is 1.50 bits per heavy atom. The maximum Gasteiger partial charge on any atom is 0.221 e. The number of aromatic amines is 1. The van der Waals surface area contributed by atoms with Crippen LogP contribution >= 0.6 is 0 Å². The molecule has 0 radical (unpaired) electrons. The van der Waals surface area contributed by atoms with Crippen molar-refractivity contribution in [1.29, 1.82) is 0 Å². The number of H-pyrrole nitrogens is 1. The van der Waals surface area contributed by atoms with Gasteiger partial charge in [0.2, 0.25) is 5.91 Å². The molecule has 0 unspecified atom stereocenters. The fourth-order valence-corrected chi connectivity index (χ4v) is 1.50. The van der Waals surface area contributed by atoms with Gasteiger partial charge in [0.15, 0.2) is 0 Å². The van der Waals surface area contributed by atoms with E-state index in [1.807, 2.05) is 0 Å². The number of hydrogen-bond acceptors (Lipinski definition) is 2. The van der Waals surface area contributed by atoms with Crippen LogP contribution in [-0.2, 0) is 11.2 Å². The number of amides is 1. The third-order valence-electron chi connectivity index (χ3n) is 2.12. The smallest absolute Gasteiger partial charge is 0.221 e. The fraction of sp³-hybridized carbons (Fsp3) is 0.100. The average molecular weight is 190 g/mol. The van der Waals surface area contributed by atoms with Gasteiger partial charge in [0.05, 0.1) is 6.42 Å². The van der Waals surface area contributed by atoms with Crippen molar-refractivity contribution in [3.05, 3.63) is 30.0 Å². The lowest BCUT2D eigenvalue weighted by atomic mass is 10.1. The van der Waals surface area contributed by atoms with Gasteiger partial charge in [-0.25, -0.2) is 0 Å². The molecule has 1 aromatic carbocycles. The zero-order valence-electron chi connectivity index (χ0n) is 7.45. The van der Waals surface area contributed by atoms with Crippen LogP contribution in [0.4, 0.5) is 0 Å². The minimum atomic E-state index is -0.380. The highest BCUT2D eigenvalue weighted by Gasteiger charge is 2.06. The molecule has 1 heterocycles. The molecular formula is C10H10N2O2. The number of benzene rings is 1. The molecule has 0 aliphatic rings. The topological polar surface area (TPSA) is 79.1 Å². The van der Waals surface area contributed by atoms with E-state index in [0.29, 0.717) is 0 Å². The van der Waals surface area contributed by atoms with E-state index in [1.165, 1.54) is 0 Å². The lowest BCUT2D eigenvalue weighted by molar-refractivity contribution is -0.117. The lowest BCUT2D eigenvalue weighted by Crippen LogP contribution is -2.13. The van der Waals surface area contributed by atoms with Gasteiger partial charge in [-0.05, 0) is 23.8 Å². The molecular weight excluding hydrogens is 180 g/mol. The predicted molar refractivity (Wildman–Crippen MR) is 52.9 cm³/mol. The highest BCUT2D eigenvalue weighted by molar-refractivity contribution is 5.89. The van der Waals surface area contributed by atoms with Crippen LogP contribution in [0.25, 0.3) is 10.9 Å². The molecule has 1 amide bonds.